The van der Waals surface area contributed by atoms with E-state index in [9.17, 15) is 14.7 Å². The van der Waals surface area contributed by atoms with Crippen LogP contribution in [-0.4, -0.2) is 40.3 Å². The predicted molar refractivity (Wildman–Crippen MR) is 129 cm³/mol. The predicted octanol–water partition coefficient (Wildman–Crippen LogP) is 5.51. The molecule has 0 bridgehead atoms. The molecule has 0 radical (unpaired) electrons. The first-order valence-corrected chi connectivity index (χ1v) is 11.7. The molecule has 0 aliphatic carbocycles. The molecule has 1 N–H and O–H groups in total. The first-order valence-electron chi connectivity index (χ1n) is 10.9. The molecule has 1 aliphatic rings. The van der Waals surface area contributed by atoms with Gasteiger partial charge in [-0.25, -0.2) is 4.98 Å². The van der Waals surface area contributed by atoms with E-state index in [1.807, 2.05) is 55.5 Å². The number of aliphatic hydroxyl groups excluding tert-OH is 1. The second kappa shape index (κ2) is 9.58. The highest BCUT2D eigenvalue weighted by Crippen LogP contribution is 2.43. The number of benzene rings is 2. The Kier molecular flexibility index (Phi) is 6.60. The fourth-order valence-electron chi connectivity index (χ4n) is 4.09. The molecule has 3 aromatic rings. The van der Waals surface area contributed by atoms with Crippen molar-refractivity contribution in [2.75, 3.05) is 13.7 Å². The molecule has 1 aromatic heterocycles. The molecule has 6 nitrogen and oxygen atoms in total. The lowest BCUT2D eigenvalue weighted by atomic mass is 9.94. The maximum Gasteiger partial charge on any atom is 0.290 e. The number of aliphatic hydroxyl groups is 1. The molecular formula is C26H26N2O4S. The molecule has 0 spiro atoms. The van der Waals surface area contributed by atoms with Crippen LogP contribution >= 0.6 is 11.3 Å². The minimum absolute atomic E-state index is 0.0759. The molecule has 7 heteroatoms. The third-order valence-electron chi connectivity index (χ3n) is 5.76. The molecule has 33 heavy (non-hydrogen) atoms. The van der Waals surface area contributed by atoms with Crippen LogP contribution in [0.4, 0.5) is 0 Å². The molecule has 2 heterocycles. The zero-order valence-electron chi connectivity index (χ0n) is 18.9. The van der Waals surface area contributed by atoms with Crippen LogP contribution < -0.4 is 4.74 Å². The molecule has 1 aliphatic heterocycles. The van der Waals surface area contributed by atoms with Gasteiger partial charge < -0.3 is 14.7 Å². The third kappa shape index (κ3) is 4.16. The summed E-state index contributed by atoms with van der Waals surface area (Å²) in [7, 11) is 1.55. The molecule has 1 unspecified atom stereocenters. The van der Waals surface area contributed by atoms with Gasteiger partial charge in [0.2, 0.25) is 5.78 Å². The smallest absolute Gasteiger partial charge is 0.290 e. The standard InChI is InChI=1S/C26H26N2O4S/c1-4-5-15-28-21(18-13-9-10-14-19(18)32-3)20(23(30)26(28)31)22(29)24-16(2)27-25(33-24)17-11-7-6-8-12-17/h6-14,21,30H,4-5,15H2,1-3H3. The first-order chi connectivity index (χ1) is 16.0. The van der Waals surface area contributed by atoms with Crippen LogP contribution in [-0.2, 0) is 4.79 Å². The van der Waals surface area contributed by atoms with Gasteiger partial charge in [0, 0.05) is 17.7 Å². The van der Waals surface area contributed by atoms with Crippen LogP contribution in [0, 0.1) is 6.92 Å². The van der Waals surface area contributed by atoms with Crippen molar-refractivity contribution in [1.82, 2.24) is 9.88 Å². The molecule has 2 aromatic carbocycles. The van der Waals surface area contributed by atoms with E-state index in [4.69, 9.17) is 4.74 Å². The number of aromatic nitrogens is 1. The molecule has 1 atom stereocenters. The highest BCUT2D eigenvalue weighted by atomic mass is 32.1. The van der Waals surface area contributed by atoms with Crippen molar-refractivity contribution in [3.63, 3.8) is 0 Å². The molecule has 4 rings (SSSR count). The molecule has 170 valence electrons. The largest absolute Gasteiger partial charge is 0.503 e. The second-order valence-electron chi connectivity index (χ2n) is 7.89. The second-order valence-corrected chi connectivity index (χ2v) is 8.89. The Morgan fingerprint density at radius 1 is 1.15 bits per heavy atom. The van der Waals surface area contributed by atoms with Gasteiger partial charge in [-0.3, -0.25) is 9.59 Å². The number of aryl methyl sites for hydroxylation is 1. The van der Waals surface area contributed by atoms with Crippen molar-refractivity contribution in [2.45, 2.75) is 32.7 Å². The van der Waals surface area contributed by atoms with Crippen molar-refractivity contribution in [2.24, 2.45) is 0 Å². The number of thiazole rings is 1. The summed E-state index contributed by atoms with van der Waals surface area (Å²) < 4.78 is 5.54. The summed E-state index contributed by atoms with van der Waals surface area (Å²) in [5.74, 6) is -0.857. The Labute approximate surface area is 197 Å². The normalized spacial score (nSPS) is 15.9. The van der Waals surface area contributed by atoms with Gasteiger partial charge >= 0.3 is 0 Å². The maximum atomic E-state index is 13.8. The first kappa shape index (κ1) is 22.7. The van der Waals surface area contributed by atoms with E-state index in [0.717, 1.165) is 23.4 Å². The summed E-state index contributed by atoms with van der Waals surface area (Å²) in [4.78, 5) is 33.4. The highest BCUT2D eigenvalue weighted by Gasteiger charge is 2.45. The quantitative estimate of drug-likeness (QED) is 0.447. The number of carbonyl (C=O) groups is 2. The van der Waals surface area contributed by atoms with Gasteiger partial charge in [-0.1, -0.05) is 61.9 Å². The fourth-order valence-corrected chi connectivity index (χ4v) is 5.12. The van der Waals surface area contributed by atoms with Gasteiger partial charge in [-0.15, -0.1) is 11.3 Å². The number of para-hydroxylation sites is 1. The summed E-state index contributed by atoms with van der Waals surface area (Å²) in [5, 5.41) is 11.6. The number of carbonyl (C=O) groups excluding carboxylic acids is 2. The Bertz CT molecular complexity index is 1220. The van der Waals surface area contributed by atoms with E-state index in [2.05, 4.69) is 4.98 Å². The summed E-state index contributed by atoms with van der Waals surface area (Å²) in [6.07, 6.45) is 1.63. The van der Waals surface area contributed by atoms with E-state index in [1.54, 1.807) is 25.0 Å². The number of nitrogens with zero attached hydrogens (tertiary/aromatic N) is 2. The van der Waals surface area contributed by atoms with Crippen molar-refractivity contribution in [1.29, 1.82) is 0 Å². The number of methoxy groups -OCH3 is 1. The average molecular weight is 463 g/mol. The Hall–Kier alpha value is -3.45. The average Bonchev–Trinajstić information content (AvgIpc) is 3.35. The topological polar surface area (TPSA) is 79.7 Å². The Morgan fingerprint density at radius 2 is 1.85 bits per heavy atom. The summed E-state index contributed by atoms with van der Waals surface area (Å²) in [6.45, 7) is 4.23. The van der Waals surface area contributed by atoms with Gasteiger partial charge in [0.25, 0.3) is 5.91 Å². The lowest BCUT2D eigenvalue weighted by molar-refractivity contribution is -0.129. The van der Waals surface area contributed by atoms with E-state index in [-0.39, 0.29) is 11.4 Å². The number of ketones is 1. The molecule has 0 fully saturated rings. The summed E-state index contributed by atoms with van der Waals surface area (Å²) in [6, 6.07) is 16.2. The molecule has 1 amide bonds. The Morgan fingerprint density at radius 3 is 2.55 bits per heavy atom. The number of hydrogen-bond donors (Lipinski definition) is 1. The highest BCUT2D eigenvalue weighted by molar-refractivity contribution is 7.17. The van der Waals surface area contributed by atoms with E-state index in [1.165, 1.54) is 11.3 Å². The number of ether oxygens (including phenoxy) is 1. The number of unbranched alkanes of at least 4 members (excludes halogenated alkanes) is 1. The van der Waals surface area contributed by atoms with Gasteiger partial charge in [-0.2, -0.15) is 0 Å². The van der Waals surface area contributed by atoms with E-state index >= 15 is 0 Å². The third-order valence-corrected chi connectivity index (χ3v) is 6.96. The molecular weight excluding hydrogens is 436 g/mol. The lowest BCUT2D eigenvalue weighted by Gasteiger charge is -2.27. The zero-order chi connectivity index (χ0) is 23.5. The van der Waals surface area contributed by atoms with Crippen LogP contribution in [0.25, 0.3) is 10.6 Å². The van der Waals surface area contributed by atoms with Gasteiger partial charge in [0.05, 0.1) is 29.3 Å². The van der Waals surface area contributed by atoms with Gasteiger partial charge in [-0.05, 0) is 19.4 Å². The van der Waals surface area contributed by atoms with Crippen LogP contribution in [0.15, 0.2) is 65.9 Å². The monoisotopic (exact) mass is 462 g/mol. The van der Waals surface area contributed by atoms with Crippen LogP contribution in [0.3, 0.4) is 0 Å². The number of hydrogen-bond acceptors (Lipinski definition) is 6. The van der Waals surface area contributed by atoms with Crippen LogP contribution in [0.1, 0.15) is 46.7 Å². The van der Waals surface area contributed by atoms with E-state index in [0.29, 0.717) is 28.4 Å². The lowest BCUT2D eigenvalue weighted by Crippen LogP contribution is -2.32. The molecule has 0 saturated carbocycles. The minimum Gasteiger partial charge on any atom is -0.503 e. The van der Waals surface area contributed by atoms with Crippen LogP contribution in [0.2, 0.25) is 0 Å². The van der Waals surface area contributed by atoms with Crippen molar-refractivity contribution >= 4 is 23.0 Å². The molecule has 0 saturated heterocycles. The van der Waals surface area contributed by atoms with Crippen molar-refractivity contribution in [3.8, 4) is 16.3 Å². The minimum atomic E-state index is -0.727. The van der Waals surface area contributed by atoms with Crippen molar-refractivity contribution in [3.05, 3.63) is 82.1 Å². The maximum absolute atomic E-state index is 13.8. The van der Waals surface area contributed by atoms with Gasteiger partial charge in [0.15, 0.2) is 5.76 Å². The fraction of sp³-hybridized carbons (Fsp3) is 0.269. The van der Waals surface area contributed by atoms with Crippen LogP contribution in [0.5, 0.6) is 5.75 Å². The van der Waals surface area contributed by atoms with E-state index < -0.39 is 17.7 Å². The number of rotatable bonds is 8. The van der Waals surface area contributed by atoms with Crippen molar-refractivity contribution < 1.29 is 19.4 Å². The zero-order valence-corrected chi connectivity index (χ0v) is 19.7. The van der Waals surface area contributed by atoms with Gasteiger partial charge in [0.1, 0.15) is 10.8 Å². The summed E-state index contributed by atoms with van der Waals surface area (Å²) >= 11 is 1.27. The Balaban J connectivity index is 1.81. The number of Topliss-reactive ketones (excluding diaryl/α,β-unsaturated/α-hetero) is 1. The SMILES string of the molecule is CCCCN1C(=O)C(O)=C(C(=O)c2sc(-c3ccccc3)nc2C)C1c1ccccc1OC. The number of amides is 1. The summed E-state index contributed by atoms with van der Waals surface area (Å²) in [5.41, 5.74) is 2.23.